The minimum atomic E-state index is -1.75. The van der Waals surface area contributed by atoms with Crippen molar-refractivity contribution in [3.8, 4) is 0 Å². The molecular formula is C40H33NO11. The van der Waals surface area contributed by atoms with Gasteiger partial charge in [-0.2, -0.15) is 0 Å². The Bertz CT molecular complexity index is 1970. The Morgan fingerprint density at radius 1 is 0.519 bits per heavy atom. The van der Waals surface area contributed by atoms with Gasteiger partial charge in [-0.3, -0.25) is 9.59 Å². The van der Waals surface area contributed by atoms with Gasteiger partial charge in [-0.05, 0) is 62.4 Å². The van der Waals surface area contributed by atoms with Crippen molar-refractivity contribution >= 4 is 35.7 Å². The Morgan fingerprint density at radius 2 is 0.865 bits per heavy atom. The van der Waals surface area contributed by atoms with Gasteiger partial charge in [0.25, 0.3) is 11.8 Å². The molecular weight excluding hydrogens is 670 g/mol. The first-order chi connectivity index (χ1) is 25.1. The van der Waals surface area contributed by atoms with Crippen molar-refractivity contribution in [3.05, 3.63) is 155 Å². The number of amides is 2. The molecule has 2 amide bonds. The maximum absolute atomic E-state index is 13.7. The maximum atomic E-state index is 13.7. The molecule has 0 unspecified atom stereocenters. The highest BCUT2D eigenvalue weighted by Gasteiger charge is 2.57. The van der Waals surface area contributed by atoms with E-state index in [-0.39, 0.29) is 33.4 Å². The highest BCUT2D eigenvalue weighted by Crippen LogP contribution is 2.35. The number of ether oxygens (including phenoxy) is 5. The molecule has 0 saturated carbocycles. The number of rotatable bonds is 10. The molecule has 6 rings (SSSR count). The van der Waals surface area contributed by atoms with Gasteiger partial charge in [-0.1, -0.05) is 72.8 Å². The van der Waals surface area contributed by atoms with E-state index in [1.54, 1.807) is 72.8 Å². The number of imide groups is 1. The molecule has 0 radical (unpaired) electrons. The fraction of sp³-hybridized carbons (Fsp3) is 0.200. The van der Waals surface area contributed by atoms with Crippen molar-refractivity contribution in [1.82, 2.24) is 4.90 Å². The SMILES string of the molecule is CC1=C(C)C(=O)N([C@@H]2O[C@H](COC(=O)c3ccccc3)[C@@H](OC(=O)c3ccccc3)[C@H](OC(=O)c3ccccc3)[C@H]2OC(=O)c2ccccc2)C1=O. The monoisotopic (exact) mass is 703 g/mol. The predicted molar refractivity (Wildman–Crippen MR) is 183 cm³/mol. The summed E-state index contributed by atoms with van der Waals surface area (Å²) in [5, 5.41) is 0. The second-order valence-corrected chi connectivity index (χ2v) is 12.0. The van der Waals surface area contributed by atoms with E-state index in [2.05, 4.69) is 0 Å². The van der Waals surface area contributed by atoms with Crippen LogP contribution in [0.5, 0.6) is 0 Å². The number of hydrogen-bond donors (Lipinski definition) is 0. The lowest BCUT2D eigenvalue weighted by molar-refractivity contribution is -0.256. The third-order valence-corrected chi connectivity index (χ3v) is 8.65. The second-order valence-electron chi connectivity index (χ2n) is 12.0. The maximum Gasteiger partial charge on any atom is 0.338 e. The van der Waals surface area contributed by atoms with Crippen molar-refractivity contribution in [3.63, 3.8) is 0 Å². The minimum absolute atomic E-state index is 0.0932. The summed E-state index contributed by atoms with van der Waals surface area (Å²) in [5.41, 5.74) is 0.746. The van der Waals surface area contributed by atoms with Crippen LogP contribution in [0.4, 0.5) is 0 Å². The van der Waals surface area contributed by atoms with E-state index in [4.69, 9.17) is 23.7 Å². The summed E-state index contributed by atoms with van der Waals surface area (Å²) in [7, 11) is 0. The molecule has 4 aromatic rings. The number of nitrogens with zero attached hydrogens (tertiary/aromatic N) is 1. The molecule has 12 heteroatoms. The summed E-state index contributed by atoms with van der Waals surface area (Å²) < 4.78 is 29.9. The summed E-state index contributed by atoms with van der Waals surface area (Å²) in [6.45, 7) is 2.32. The summed E-state index contributed by atoms with van der Waals surface area (Å²) in [5.74, 6) is -4.95. The molecule has 1 fully saturated rings. The number of esters is 4. The largest absolute Gasteiger partial charge is 0.459 e. The van der Waals surface area contributed by atoms with E-state index < -0.39 is 72.9 Å². The van der Waals surface area contributed by atoms with Gasteiger partial charge in [0.1, 0.15) is 12.7 Å². The van der Waals surface area contributed by atoms with Crippen LogP contribution in [-0.4, -0.2) is 77.8 Å². The van der Waals surface area contributed by atoms with Crippen molar-refractivity contribution < 1.29 is 52.5 Å². The minimum Gasteiger partial charge on any atom is -0.459 e. The first-order valence-electron chi connectivity index (χ1n) is 16.3. The van der Waals surface area contributed by atoms with Gasteiger partial charge in [0.05, 0.1) is 22.3 Å². The Kier molecular flexibility index (Phi) is 10.7. The van der Waals surface area contributed by atoms with Crippen LogP contribution in [0.3, 0.4) is 0 Å². The zero-order valence-electron chi connectivity index (χ0n) is 28.1. The van der Waals surface area contributed by atoms with E-state index in [9.17, 15) is 28.8 Å². The third kappa shape index (κ3) is 7.52. The lowest BCUT2D eigenvalue weighted by atomic mass is 9.96. The molecule has 1 saturated heterocycles. The first-order valence-corrected chi connectivity index (χ1v) is 16.3. The molecule has 52 heavy (non-hydrogen) atoms. The summed E-state index contributed by atoms with van der Waals surface area (Å²) in [4.78, 5) is 82.2. The first kappa shape index (κ1) is 35.4. The van der Waals surface area contributed by atoms with Crippen LogP contribution in [0, 0.1) is 0 Å². The van der Waals surface area contributed by atoms with E-state index in [0.29, 0.717) is 0 Å². The van der Waals surface area contributed by atoms with Crippen molar-refractivity contribution in [2.75, 3.05) is 6.61 Å². The van der Waals surface area contributed by atoms with Crippen LogP contribution in [0.2, 0.25) is 0 Å². The van der Waals surface area contributed by atoms with Gasteiger partial charge in [0, 0.05) is 11.1 Å². The fourth-order valence-electron chi connectivity index (χ4n) is 5.76. The molecule has 0 aromatic heterocycles. The molecule has 4 aromatic carbocycles. The topological polar surface area (TPSA) is 152 Å². The quantitative estimate of drug-likeness (QED) is 0.125. The van der Waals surface area contributed by atoms with Gasteiger partial charge in [0.15, 0.2) is 24.5 Å². The molecule has 5 atom stereocenters. The second kappa shape index (κ2) is 15.7. The van der Waals surface area contributed by atoms with E-state index in [0.717, 1.165) is 4.90 Å². The van der Waals surface area contributed by atoms with Gasteiger partial charge >= 0.3 is 23.9 Å². The highest BCUT2D eigenvalue weighted by atomic mass is 16.7. The van der Waals surface area contributed by atoms with Crippen LogP contribution >= 0.6 is 0 Å². The van der Waals surface area contributed by atoms with Crippen LogP contribution in [0.15, 0.2) is 132 Å². The van der Waals surface area contributed by atoms with Crippen molar-refractivity contribution in [2.24, 2.45) is 0 Å². The predicted octanol–water partition coefficient (Wildman–Crippen LogP) is 4.95. The lowest BCUT2D eigenvalue weighted by Crippen LogP contribution is -2.67. The van der Waals surface area contributed by atoms with Crippen LogP contribution in [0.25, 0.3) is 0 Å². The Labute approximate surface area is 298 Å². The molecule has 0 spiro atoms. The highest BCUT2D eigenvalue weighted by molar-refractivity contribution is 6.19. The molecule has 2 aliphatic heterocycles. The Balaban J connectivity index is 1.46. The number of hydrogen-bond acceptors (Lipinski definition) is 11. The molecule has 0 N–H and O–H groups in total. The van der Waals surface area contributed by atoms with E-state index in [1.165, 1.54) is 62.4 Å². The molecule has 2 heterocycles. The summed E-state index contributed by atoms with van der Waals surface area (Å²) in [6.07, 6.45) is -8.28. The zero-order valence-corrected chi connectivity index (χ0v) is 28.1. The van der Waals surface area contributed by atoms with Crippen LogP contribution in [0.1, 0.15) is 55.3 Å². The number of benzene rings is 4. The number of carbonyl (C=O) groups is 6. The normalized spacial score (nSPS) is 21.3. The third-order valence-electron chi connectivity index (χ3n) is 8.65. The van der Waals surface area contributed by atoms with Crippen LogP contribution < -0.4 is 0 Å². The number of carbonyl (C=O) groups excluding carboxylic acids is 6. The standard InChI is InChI=1S/C40H33NO11/c1-24-25(2)35(43)41(34(24)42)36-33(52-40(47)29-21-13-6-14-22-29)32(51-39(46)28-19-11-5-12-20-28)31(50-38(45)27-17-9-4-10-18-27)30(49-36)23-48-37(44)26-15-7-3-8-16-26/h3-22,30-33,36H,23H2,1-2H3/t30-,31-,32+,33-,36-/m1/s1. The van der Waals surface area contributed by atoms with Gasteiger partial charge < -0.3 is 23.7 Å². The van der Waals surface area contributed by atoms with E-state index >= 15 is 0 Å². The van der Waals surface area contributed by atoms with Crippen molar-refractivity contribution in [1.29, 1.82) is 0 Å². The average molecular weight is 704 g/mol. The average Bonchev–Trinajstić information content (AvgIpc) is 3.37. The van der Waals surface area contributed by atoms with E-state index in [1.807, 2.05) is 0 Å². The fourth-order valence-corrected chi connectivity index (χ4v) is 5.76. The van der Waals surface area contributed by atoms with Gasteiger partial charge in [0.2, 0.25) is 0 Å². The lowest BCUT2D eigenvalue weighted by Gasteiger charge is -2.46. The molecule has 0 aliphatic carbocycles. The molecule has 2 aliphatic rings. The smallest absolute Gasteiger partial charge is 0.338 e. The Hall–Kier alpha value is -6.40. The summed E-state index contributed by atoms with van der Waals surface area (Å²) >= 11 is 0. The Morgan fingerprint density at radius 3 is 1.27 bits per heavy atom. The molecule has 0 bridgehead atoms. The van der Waals surface area contributed by atoms with Gasteiger partial charge in [-0.15, -0.1) is 0 Å². The van der Waals surface area contributed by atoms with Crippen molar-refractivity contribution in [2.45, 2.75) is 44.5 Å². The van der Waals surface area contributed by atoms with Crippen LogP contribution in [-0.2, 0) is 33.3 Å². The molecule has 12 nitrogen and oxygen atoms in total. The zero-order chi connectivity index (χ0) is 36.8. The molecule has 264 valence electrons. The summed E-state index contributed by atoms with van der Waals surface area (Å²) in [6, 6.07) is 31.7. The van der Waals surface area contributed by atoms with Gasteiger partial charge in [-0.25, -0.2) is 24.1 Å².